The average Bonchev–Trinajstić information content (AvgIpc) is 2.91. The second-order valence-corrected chi connectivity index (χ2v) is 6.99. The van der Waals surface area contributed by atoms with Gasteiger partial charge in [0.15, 0.2) is 4.96 Å². The summed E-state index contributed by atoms with van der Waals surface area (Å²) < 4.78 is 7.18. The fourth-order valence-corrected chi connectivity index (χ4v) is 3.68. The number of pyridine rings is 1. The summed E-state index contributed by atoms with van der Waals surface area (Å²) in [6, 6.07) is 4.85. The maximum atomic E-state index is 12.6. The van der Waals surface area contributed by atoms with E-state index in [-0.39, 0.29) is 12.2 Å². The van der Waals surface area contributed by atoms with Crippen LogP contribution in [0.25, 0.3) is 4.96 Å². The predicted octanol–water partition coefficient (Wildman–Crippen LogP) is 3.52. The van der Waals surface area contributed by atoms with Crippen LogP contribution >= 0.6 is 22.9 Å². The minimum absolute atomic E-state index is 0.141. The van der Waals surface area contributed by atoms with Gasteiger partial charge in [0.2, 0.25) is 5.88 Å². The largest absolute Gasteiger partial charge is 0.471 e. The number of aromatic nitrogens is 3. The van der Waals surface area contributed by atoms with Gasteiger partial charge in [-0.05, 0) is 26.8 Å². The molecular weight excluding hydrogens is 360 g/mol. The van der Waals surface area contributed by atoms with Crippen molar-refractivity contribution >= 4 is 33.6 Å². The summed E-state index contributed by atoms with van der Waals surface area (Å²) in [5.41, 5.74) is 2.08. The lowest BCUT2D eigenvalue weighted by Gasteiger charge is -2.06. The second-order valence-electron chi connectivity index (χ2n) is 5.37. The number of rotatable bonds is 5. The van der Waals surface area contributed by atoms with E-state index in [1.165, 1.54) is 23.6 Å². The van der Waals surface area contributed by atoms with Gasteiger partial charge in [0, 0.05) is 29.8 Å². The third-order valence-electron chi connectivity index (χ3n) is 3.55. The number of hydrogen-bond donors (Lipinski definition) is 0. The highest BCUT2D eigenvalue weighted by Crippen LogP contribution is 2.21. The third kappa shape index (κ3) is 3.72. The SMILES string of the molecule is CCN=C(C)c1c(C)sc2nc(COc3ccc(Cl)cn3)cc(=O)n12. The summed E-state index contributed by atoms with van der Waals surface area (Å²) in [4.78, 5) is 27.2. The Morgan fingerprint density at radius 2 is 2.24 bits per heavy atom. The smallest absolute Gasteiger partial charge is 0.259 e. The Bertz CT molecular complexity index is 992. The molecule has 0 fully saturated rings. The monoisotopic (exact) mass is 376 g/mol. The van der Waals surface area contributed by atoms with Crippen LogP contribution in [-0.2, 0) is 6.61 Å². The highest BCUT2D eigenvalue weighted by molar-refractivity contribution is 7.17. The van der Waals surface area contributed by atoms with Crippen LogP contribution in [0.3, 0.4) is 0 Å². The predicted molar refractivity (Wildman–Crippen MR) is 100 cm³/mol. The lowest BCUT2D eigenvalue weighted by atomic mass is 10.2. The summed E-state index contributed by atoms with van der Waals surface area (Å²) in [5.74, 6) is 0.431. The van der Waals surface area contributed by atoms with E-state index in [2.05, 4.69) is 15.0 Å². The fraction of sp³-hybridized carbons (Fsp3) is 0.294. The van der Waals surface area contributed by atoms with Crippen molar-refractivity contribution < 1.29 is 4.74 Å². The van der Waals surface area contributed by atoms with Gasteiger partial charge in [-0.2, -0.15) is 0 Å². The van der Waals surface area contributed by atoms with Crippen molar-refractivity contribution in [3.05, 3.63) is 56.0 Å². The minimum atomic E-state index is -0.141. The molecule has 3 aromatic rings. The number of aliphatic imine (C=N–C) groups is 1. The summed E-state index contributed by atoms with van der Waals surface area (Å²) in [5, 5.41) is 0.538. The van der Waals surface area contributed by atoms with Crippen molar-refractivity contribution in [2.75, 3.05) is 6.54 Å². The standard InChI is InChI=1S/C17H17ClN4O2S/c1-4-19-10(2)16-11(3)25-17-21-13(7-15(23)22(16)17)9-24-14-6-5-12(18)8-20-14/h5-8H,4,9H2,1-3H3. The highest BCUT2D eigenvalue weighted by Gasteiger charge is 2.15. The third-order valence-corrected chi connectivity index (χ3v) is 4.73. The van der Waals surface area contributed by atoms with Crippen molar-refractivity contribution in [3.8, 4) is 5.88 Å². The first-order valence-corrected chi connectivity index (χ1v) is 8.97. The Morgan fingerprint density at radius 1 is 1.44 bits per heavy atom. The van der Waals surface area contributed by atoms with Gasteiger partial charge in [-0.25, -0.2) is 14.4 Å². The van der Waals surface area contributed by atoms with Crippen LogP contribution in [0.15, 0.2) is 34.2 Å². The molecule has 0 saturated heterocycles. The van der Waals surface area contributed by atoms with Gasteiger partial charge >= 0.3 is 0 Å². The molecule has 0 atom stereocenters. The van der Waals surface area contributed by atoms with Gasteiger partial charge in [-0.1, -0.05) is 11.6 Å². The Hall–Kier alpha value is -2.25. The molecule has 0 saturated carbocycles. The molecule has 0 N–H and O–H groups in total. The number of aryl methyl sites for hydroxylation is 1. The van der Waals surface area contributed by atoms with Crippen molar-refractivity contribution in [1.29, 1.82) is 0 Å². The van der Waals surface area contributed by atoms with Crippen LogP contribution < -0.4 is 10.3 Å². The lowest BCUT2D eigenvalue weighted by molar-refractivity contribution is 0.289. The molecule has 0 aliphatic heterocycles. The molecule has 3 rings (SSSR count). The van der Waals surface area contributed by atoms with Gasteiger partial charge in [0.25, 0.3) is 5.56 Å². The lowest BCUT2D eigenvalue weighted by Crippen LogP contribution is -2.19. The number of fused-ring (bicyclic) bond motifs is 1. The van der Waals surface area contributed by atoms with E-state index in [0.717, 1.165) is 16.3 Å². The van der Waals surface area contributed by atoms with Gasteiger partial charge in [0.1, 0.15) is 6.61 Å². The van der Waals surface area contributed by atoms with Crippen LogP contribution in [-0.4, -0.2) is 26.6 Å². The quantitative estimate of drug-likeness (QED) is 0.639. The first kappa shape index (κ1) is 17.6. The molecule has 130 valence electrons. The van der Waals surface area contributed by atoms with Crippen molar-refractivity contribution in [1.82, 2.24) is 14.4 Å². The van der Waals surface area contributed by atoms with E-state index in [1.807, 2.05) is 20.8 Å². The normalized spacial score (nSPS) is 11.9. The minimum Gasteiger partial charge on any atom is -0.471 e. The number of nitrogens with zero attached hydrogens (tertiary/aromatic N) is 4. The second kappa shape index (κ2) is 7.33. The zero-order valence-electron chi connectivity index (χ0n) is 14.1. The van der Waals surface area contributed by atoms with E-state index in [9.17, 15) is 4.79 Å². The van der Waals surface area contributed by atoms with Gasteiger partial charge < -0.3 is 4.74 Å². The number of ether oxygens (including phenoxy) is 1. The van der Waals surface area contributed by atoms with E-state index >= 15 is 0 Å². The number of hydrogen-bond acceptors (Lipinski definition) is 6. The highest BCUT2D eigenvalue weighted by atomic mass is 35.5. The first-order valence-electron chi connectivity index (χ1n) is 7.77. The van der Waals surface area contributed by atoms with Crippen LogP contribution in [0.4, 0.5) is 0 Å². The number of thiazole rings is 1. The molecule has 0 radical (unpaired) electrons. The van der Waals surface area contributed by atoms with E-state index in [4.69, 9.17) is 16.3 Å². The molecule has 0 aliphatic carbocycles. The maximum absolute atomic E-state index is 12.6. The summed E-state index contributed by atoms with van der Waals surface area (Å²) >= 11 is 7.26. The first-order chi connectivity index (χ1) is 12.0. The molecule has 0 spiro atoms. The molecule has 3 aromatic heterocycles. The van der Waals surface area contributed by atoms with Gasteiger partial charge in [0.05, 0.1) is 22.1 Å². The van der Waals surface area contributed by atoms with Crippen LogP contribution in [0.1, 0.15) is 30.1 Å². The molecule has 0 unspecified atom stereocenters. The van der Waals surface area contributed by atoms with Gasteiger partial charge in [-0.15, -0.1) is 11.3 Å². The molecule has 25 heavy (non-hydrogen) atoms. The molecule has 0 aliphatic rings. The van der Waals surface area contributed by atoms with E-state index in [1.54, 1.807) is 16.5 Å². The molecular formula is C17H17ClN4O2S. The Morgan fingerprint density at radius 3 is 2.92 bits per heavy atom. The molecule has 0 amide bonds. The Labute approximate surface area is 153 Å². The molecule has 0 aromatic carbocycles. The Balaban J connectivity index is 1.93. The molecule has 6 nitrogen and oxygen atoms in total. The molecule has 3 heterocycles. The average molecular weight is 377 g/mol. The van der Waals surface area contributed by atoms with Crippen LogP contribution in [0.2, 0.25) is 5.02 Å². The Kier molecular flexibility index (Phi) is 5.15. The van der Waals surface area contributed by atoms with Crippen molar-refractivity contribution in [2.45, 2.75) is 27.4 Å². The van der Waals surface area contributed by atoms with E-state index < -0.39 is 0 Å². The maximum Gasteiger partial charge on any atom is 0.259 e. The topological polar surface area (TPSA) is 68.8 Å². The van der Waals surface area contributed by atoms with Crippen molar-refractivity contribution in [3.63, 3.8) is 0 Å². The van der Waals surface area contributed by atoms with Crippen LogP contribution in [0, 0.1) is 6.92 Å². The summed E-state index contributed by atoms with van der Waals surface area (Å²) in [6.45, 7) is 6.68. The zero-order chi connectivity index (χ0) is 18.0. The van der Waals surface area contributed by atoms with Gasteiger partial charge in [-0.3, -0.25) is 9.79 Å². The molecule has 0 bridgehead atoms. The summed E-state index contributed by atoms with van der Waals surface area (Å²) in [7, 11) is 0. The van der Waals surface area contributed by atoms with Crippen molar-refractivity contribution in [2.24, 2.45) is 4.99 Å². The summed E-state index contributed by atoms with van der Waals surface area (Å²) in [6.07, 6.45) is 1.51. The van der Waals surface area contributed by atoms with E-state index in [0.29, 0.717) is 28.1 Å². The fourth-order valence-electron chi connectivity index (χ4n) is 2.52. The number of halogens is 1. The van der Waals surface area contributed by atoms with Crippen LogP contribution in [0.5, 0.6) is 5.88 Å². The zero-order valence-corrected chi connectivity index (χ0v) is 15.7. The molecule has 8 heteroatoms.